The number of sulfonamides is 1. The fourth-order valence-electron chi connectivity index (χ4n) is 7.23. The van der Waals surface area contributed by atoms with Crippen LogP contribution < -0.4 is 14.8 Å². The van der Waals surface area contributed by atoms with Crippen molar-refractivity contribution in [3.63, 3.8) is 0 Å². The first-order valence-corrected chi connectivity index (χ1v) is 13.3. The molecular weight excluding hydrogens is 428 g/mol. The van der Waals surface area contributed by atoms with E-state index in [0.29, 0.717) is 36.6 Å². The highest BCUT2D eigenvalue weighted by atomic mass is 32.2. The zero-order valence-electron chi connectivity index (χ0n) is 19.0. The van der Waals surface area contributed by atoms with E-state index >= 15 is 0 Å². The summed E-state index contributed by atoms with van der Waals surface area (Å²) in [4.78, 5) is 13.5. The lowest BCUT2D eigenvalue weighted by molar-refractivity contribution is -0.146. The summed E-state index contributed by atoms with van der Waals surface area (Å²) in [5.74, 6) is 3.09. The first kappa shape index (κ1) is 22.0. The van der Waals surface area contributed by atoms with Crippen LogP contribution in [0.1, 0.15) is 51.4 Å². The number of ether oxygens (including phenoxy) is 2. The molecule has 1 heterocycles. The summed E-state index contributed by atoms with van der Waals surface area (Å²) in [6, 6.07) is 4.53. The van der Waals surface area contributed by atoms with E-state index < -0.39 is 10.0 Å². The van der Waals surface area contributed by atoms with Crippen molar-refractivity contribution in [1.82, 2.24) is 9.62 Å². The average molecular weight is 463 g/mol. The van der Waals surface area contributed by atoms with Crippen LogP contribution in [0.4, 0.5) is 0 Å². The summed E-state index contributed by atoms with van der Waals surface area (Å²) in [6.45, 7) is 0.827. The van der Waals surface area contributed by atoms with E-state index in [4.69, 9.17) is 9.47 Å². The highest BCUT2D eigenvalue weighted by Crippen LogP contribution is 2.60. The molecule has 1 N–H and O–H groups in total. The van der Waals surface area contributed by atoms with Crippen molar-refractivity contribution in [1.29, 1.82) is 0 Å². The molecule has 0 radical (unpaired) electrons. The number of carbonyl (C=O) groups excluding carboxylic acids is 1. The van der Waals surface area contributed by atoms with E-state index in [2.05, 4.69) is 5.32 Å². The van der Waals surface area contributed by atoms with Gasteiger partial charge in [0.15, 0.2) is 0 Å². The Bertz CT molecular complexity index is 957. The molecule has 0 aromatic heterocycles. The van der Waals surface area contributed by atoms with Gasteiger partial charge in [-0.3, -0.25) is 4.79 Å². The summed E-state index contributed by atoms with van der Waals surface area (Å²) >= 11 is 0. The van der Waals surface area contributed by atoms with Crippen LogP contribution in [0, 0.1) is 23.2 Å². The highest BCUT2D eigenvalue weighted by molar-refractivity contribution is 7.89. The van der Waals surface area contributed by atoms with Gasteiger partial charge in [-0.05, 0) is 81.3 Å². The summed E-state index contributed by atoms with van der Waals surface area (Å²) in [5, 5.41) is 3.19. The Hall–Kier alpha value is -1.80. The largest absolute Gasteiger partial charge is 0.497 e. The second-order valence-corrected chi connectivity index (χ2v) is 12.2. The summed E-state index contributed by atoms with van der Waals surface area (Å²) in [7, 11) is -0.754. The Balaban J connectivity index is 1.30. The van der Waals surface area contributed by atoms with Gasteiger partial charge in [0.1, 0.15) is 16.4 Å². The number of nitrogens with zero attached hydrogens (tertiary/aromatic N) is 1. The molecule has 1 saturated heterocycles. The fraction of sp³-hybridized carbons (Fsp3) is 0.708. The lowest BCUT2D eigenvalue weighted by atomic mass is 9.49. The van der Waals surface area contributed by atoms with Gasteiger partial charge >= 0.3 is 0 Å². The van der Waals surface area contributed by atoms with Crippen molar-refractivity contribution in [2.45, 2.75) is 62.3 Å². The maximum absolute atomic E-state index is 13.5. The molecule has 176 valence electrons. The van der Waals surface area contributed by atoms with Gasteiger partial charge in [-0.25, -0.2) is 8.42 Å². The SMILES string of the molecule is COc1ccc(S(=O)(=O)N2CCCC2CNC(=O)C23CC4CC(CC(C4)C2)C3)c(OC)c1. The number of nitrogens with one attached hydrogen (secondary N) is 1. The van der Waals surface area contributed by atoms with Crippen LogP contribution in [0.5, 0.6) is 11.5 Å². The Morgan fingerprint density at radius 3 is 2.34 bits per heavy atom. The molecule has 4 aliphatic carbocycles. The number of hydrogen-bond acceptors (Lipinski definition) is 5. The predicted molar refractivity (Wildman–Crippen MR) is 120 cm³/mol. The zero-order valence-corrected chi connectivity index (χ0v) is 19.8. The zero-order chi connectivity index (χ0) is 22.5. The van der Waals surface area contributed by atoms with Gasteiger partial charge in [0.05, 0.1) is 14.2 Å². The minimum absolute atomic E-state index is 0.139. The monoisotopic (exact) mass is 462 g/mol. The third kappa shape index (κ3) is 3.69. The van der Waals surface area contributed by atoms with Gasteiger partial charge in [-0.15, -0.1) is 0 Å². The molecule has 6 rings (SSSR count). The van der Waals surface area contributed by atoms with Gasteiger partial charge < -0.3 is 14.8 Å². The van der Waals surface area contributed by atoms with E-state index in [-0.39, 0.29) is 28.0 Å². The van der Waals surface area contributed by atoms with Crippen molar-refractivity contribution in [3.05, 3.63) is 18.2 Å². The van der Waals surface area contributed by atoms with Gasteiger partial charge in [0.25, 0.3) is 0 Å². The normalized spacial score (nSPS) is 33.9. The standard InChI is InChI=1S/C24H34N2O5S/c1-30-20-5-6-22(21(11-20)31-2)32(28,29)26-7-3-4-19(26)15-25-23(27)24-12-16-8-17(13-24)10-18(9-16)14-24/h5-6,11,16-19H,3-4,7-10,12-15H2,1-2H3,(H,25,27). The molecule has 1 aliphatic heterocycles. The van der Waals surface area contributed by atoms with Crippen molar-refractivity contribution in [2.75, 3.05) is 27.3 Å². The van der Waals surface area contributed by atoms with Crippen molar-refractivity contribution < 1.29 is 22.7 Å². The fourth-order valence-corrected chi connectivity index (χ4v) is 9.06. The quantitative estimate of drug-likeness (QED) is 0.673. The van der Waals surface area contributed by atoms with Crippen LogP contribution >= 0.6 is 0 Å². The molecule has 1 aromatic carbocycles. The molecule has 5 fully saturated rings. The maximum Gasteiger partial charge on any atom is 0.247 e. The van der Waals surface area contributed by atoms with Gasteiger partial charge in [0, 0.05) is 30.6 Å². The molecule has 4 bridgehead atoms. The van der Waals surface area contributed by atoms with Gasteiger partial charge in [-0.1, -0.05) is 0 Å². The van der Waals surface area contributed by atoms with Gasteiger partial charge in [0.2, 0.25) is 15.9 Å². The highest BCUT2D eigenvalue weighted by Gasteiger charge is 2.54. The Morgan fingerprint density at radius 2 is 1.75 bits per heavy atom. The average Bonchev–Trinajstić information content (AvgIpc) is 3.25. The third-order valence-electron chi connectivity index (χ3n) is 8.30. The third-order valence-corrected chi connectivity index (χ3v) is 10.3. The lowest BCUT2D eigenvalue weighted by Crippen LogP contribution is -2.55. The Labute approximate surface area is 190 Å². The van der Waals surface area contributed by atoms with E-state index in [0.717, 1.165) is 32.1 Å². The minimum atomic E-state index is -3.75. The van der Waals surface area contributed by atoms with E-state index in [1.807, 2.05) is 0 Å². The van der Waals surface area contributed by atoms with Crippen molar-refractivity contribution in [2.24, 2.45) is 23.2 Å². The van der Waals surface area contributed by atoms with Crippen LogP contribution in [0.25, 0.3) is 0 Å². The molecule has 32 heavy (non-hydrogen) atoms. The predicted octanol–water partition coefficient (Wildman–Crippen LogP) is 3.19. The lowest BCUT2D eigenvalue weighted by Gasteiger charge is -2.55. The molecule has 7 nitrogen and oxygen atoms in total. The smallest absolute Gasteiger partial charge is 0.247 e. The van der Waals surface area contributed by atoms with E-state index in [1.54, 1.807) is 12.1 Å². The maximum atomic E-state index is 13.5. The van der Waals surface area contributed by atoms with Crippen molar-refractivity contribution >= 4 is 15.9 Å². The Morgan fingerprint density at radius 1 is 1.09 bits per heavy atom. The van der Waals surface area contributed by atoms with Crippen LogP contribution in [-0.2, 0) is 14.8 Å². The van der Waals surface area contributed by atoms with Crippen LogP contribution in [0.2, 0.25) is 0 Å². The minimum Gasteiger partial charge on any atom is -0.497 e. The molecule has 1 aromatic rings. The molecule has 5 aliphatic rings. The second kappa shape index (κ2) is 8.20. The topological polar surface area (TPSA) is 84.9 Å². The van der Waals surface area contributed by atoms with E-state index in [9.17, 15) is 13.2 Å². The molecule has 1 amide bonds. The summed E-state index contributed by atoms with van der Waals surface area (Å²) in [5.41, 5.74) is -0.212. The first-order valence-electron chi connectivity index (χ1n) is 11.9. The Kier molecular flexibility index (Phi) is 5.64. The molecule has 1 unspecified atom stereocenters. The van der Waals surface area contributed by atoms with Gasteiger partial charge in [-0.2, -0.15) is 4.31 Å². The number of amides is 1. The van der Waals surface area contributed by atoms with Crippen LogP contribution in [-0.4, -0.2) is 52.0 Å². The number of benzene rings is 1. The molecule has 8 heteroatoms. The number of methoxy groups -OCH3 is 2. The molecule has 1 atom stereocenters. The number of hydrogen-bond donors (Lipinski definition) is 1. The number of rotatable bonds is 7. The first-order chi connectivity index (χ1) is 15.3. The molecule has 0 spiro atoms. The summed E-state index contributed by atoms with van der Waals surface area (Å²) in [6.07, 6.45) is 8.47. The molecule has 4 saturated carbocycles. The molecular formula is C24H34N2O5S. The second-order valence-electron chi connectivity index (χ2n) is 10.3. The summed E-state index contributed by atoms with van der Waals surface area (Å²) < 4.78 is 39.1. The van der Waals surface area contributed by atoms with E-state index in [1.165, 1.54) is 43.9 Å². The van der Waals surface area contributed by atoms with Crippen LogP contribution in [0.15, 0.2) is 23.1 Å². The van der Waals surface area contributed by atoms with Crippen LogP contribution in [0.3, 0.4) is 0 Å². The number of carbonyl (C=O) groups is 1. The van der Waals surface area contributed by atoms with Crippen molar-refractivity contribution in [3.8, 4) is 11.5 Å².